The van der Waals surface area contributed by atoms with Crippen molar-refractivity contribution in [3.8, 4) is 0 Å². The van der Waals surface area contributed by atoms with Crippen LogP contribution in [0.15, 0.2) is 54.6 Å². The highest BCUT2D eigenvalue weighted by molar-refractivity contribution is 5.99. The lowest BCUT2D eigenvalue weighted by atomic mass is 10.0. The Morgan fingerprint density at radius 2 is 1.67 bits per heavy atom. The summed E-state index contributed by atoms with van der Waals surface area (Å²) in [5.41, 5.74) is 2.38. The maximum atomic E-state index is 12.9. The number of carbonyl (C=O) groups excluding carboxylic acids is 2. The van der Waals surface area contributed by atoms with Gasteiger partial charge in [-0.15, -0.1) is 0 Å². The van der Waals surface area contributed by atoms with Crippen molar-refractivity contribution < 1.29 is 9.59 Å². The number of amides is 1. The summed E-state index contributed by atoms with van der Waals surface area (Å²) in [6, 6.07) is 17.5. The Morgan fingerprint density at radius 1 is 0.958 bits per heavy atom. The Bertz CT molecular complexity index is 742. The number of likely N-dealkylation sites (N-methyl/N-ethyl adjacent to an activating group) is 1. The first kappa shape index (κ1) is 16.4. The maximum absolute atomic E-state index is 12.9. The Balaban J connectivity index is 1.81. The summed E-state index contributed by atoms with van der Waals surface area (Å²) >= 11 is 0. The molecule has 0 spiro atoms. The van der Waals surface area contributed by atoms with Crippen molar-refractivity contribution in [1.82, 2.24) is 9.80 Å². The zero-order valence-corrected chi connectivity index (χ0v) is 14.1. The lowest BCUT2D eigenvalue weighted by Gasteiger charge is -2.39. The minimum Gasteiger partial charge on any atom is -0.335 e. The Morgan fingerprint density at radius 3 is 2.38 bits per heavy atom. The van der Waals surface area contributed by atoms with E-state index in [0.717, 1.165) is 6.54 Å². The fraction of sp³-hybridized carbons (Fsp3) is 0.300. The van der Waals surface area contributed by atoms with Gasteiger partial charge in [-0.25, -0.2) is 0 Å². The first-order chi connectivity index (χ1) is 11.6. The van der Waals surface area contributed by atoms with Gasteiger partial charge in [-0.2, -0.15) is 0 Å². The normalized spacial score (nSPS) is 18.4. The molecule has 0 saturated carbocycles. The number of ketones is 1. The third-order valence-corrected chi connectivity index (χ3v) is 4.64. The standard InChI is InChI=1S/C20H22N2O2/c1-15(23)17-9-6-10-18(13-17)20(24)22-12-11-21(2)19(14-22)16-7-4-3-5-8-16/h3-10,13,19H,11-12,14H2,1-2H3. The molecular formula is C20H22N2O2. The zero-order valence-electron chi connectivity index (χ0n) is 14.1. The molecule has 1 unspecified atom stereocenters. The van der Waals surface area contributed by atoms with E-state index in [1.165, 1.54) is 12.5 Å². The lowest BCUT2D eigenvalue weighted by molar-refractivity contribution is 0.0546. The number of piperazine rings is 1. The molecule has 1 amide bonds. The van der Waals surface area contributed by atoms with Gasteiger partial charge in [0.15, 0.2) is 5.78 Å². The number of Topliss-reactive ketones (excluding diaryl/α,β-unsaturated/α-hetero) is 1. The highest BCUT2D eigenvalue weighted by atomic mass is 16.2. The van der Waals surface area contributed by atoms with E-state index < -0.39 is 0 Å². The third-order valence-electron chi connectivity index (χ3n) is 4.64. The molecule has 0 N–H and O–H groups in total. The molecule has 1 heterocycles. The average molecular weight is 322 g/mol. The van der Waals surface area contributed by atoms with Crippen molar-refractivity contribution in [3.63, 3.8) is 0 Å². The monoisotopic (exact) mass is 322 g/mol. The van der Waals surface area contributed by atoms with Crippen LogP contribution in [0, 0.1) is 0 Å². The predicted molar refractivity (Wildman–Crippen MR) is 94.2 cm³/mol. The molecule has 4 nitrogen and oxygen atoms in total. The van der Waals surface area contributed by atoms with E-state index >= 15 is 0 Å². The molecule has 2 aromatic rings. The van der Waals surface area contributed by atoms with Crippen LogP contribution < -0.4 is 0 Å². The van der Waals surface area contributed by atoms with E-state index in [-0.39, 0.29) is 17.7 Å². The fourth-order valence-electron chi connectivity index (χ4n) is 3.15. The number of hydrogen-bond acceptors (Lipinski definition) is 3. The first-order valence-electron chi connectivity index (χ1n) is 8.21. The van der Waals surface area contributed by atoms with Crippen LogP contribution in [0.3, 0.4) is 0 Å². The molecule has 24 heavy (non-hydrogen) atoms. The first-order valence-corrected chi connectivity index (χ1v) is 8.21. The molecule has 1 aliphatic heterocycles. The highest BCUT2D eigenvalue weighted by Gasteiger charge is 2.28. The molecule has 0 radical (unpaired) electrons. The van der Waals surface area contributed by atoms with Gasteiger partial charge in [0.25, 0.3) is 5.91 Å². The van der Waals surface area contributed by atoms with Crippen LogP contribution in [0.5, 0.6) is 0 Å². The minimum absolute atomic E-state index is 0.00729. The van der Waals surface area contributed by atoms with E-state index in [1.54, 1.807) is 24.3 Å². The largest absolute Gasteiger partial charge is 0.335 e. The van der Waals surface area contributed by atoms with Crippen LogP contribution >= 0.6 is 0 Å². The lowest BCUT2D eigenvalue weighted by Crippen LogP contribution is -2.49. The van der Waals surface area contributed by atoms with Gasteiger partial charge in [-0.1, -0.05) is 42.5 Å². The van der Waals surface area contributed by atoms with Gasteiger partial charge in [0.2, 0.25) is 0 Å². The van der Waals surface area contributed by atoms with Gasteiger partial charge < -0.3 is 4.90 Å². The van der Waals surface area contributed by atoms with Gasteiger partial charge in [0, 0.05) is 30.8 Å². The quantitative estimate of drug-likeness (QED) is 0.816. The molecule has 0 bridgehead atoms. The van der Waals surface area contributed by atoms with Crippen LogP contribution in [0.1, 0.15) is 39.2 Å². The molecule has 3 rings (SSSR count). The van der Waals surface area contributed by atoms with E-state index in [9.17, 15) is 9.59 Å². The van der Waals surface area contributed by atoms with Crippen molar-refractivity contribution in [2.45, 2.75) is 13.0 Å². The van der Waals surface area contributed by atoms with Gasteiger partial charge in [0.05, 0.1) is 6.04 Å². The summed E-state index contributed by atoms with van der Waals surface area (Å²) in [6.07, 6.45) is 0. The molecule has 124 valence electrons. The topological polar surface area (TPSA) is 40.6 Å². The maximum Gasteiger partial charge on any atom is 0.253 e. The van der Waals surface area contributed by atoms with Crippen LogP contribution in [0.25, 0.3) is 0 Å². The van der Waals surface area contributed by atoms with E-state index in [2.05, 4.69) is 24.1 Å². The molecule has 1 atom stereocenters. The summed E-state index contributed by atoms with van der Waals surface area (Å²) in [5.74, 6) is -0.0303. The number of carbonyl (C=O) groups is 2. The minimum atomic E-state index is -0.0230. The Hall–Kier alpha value is -2.46. The summed E-state index contributed by atoms with van der Waals surface area (Å²) in [7, 11) is 2.09. The zero-order chi connectivity index (χ0) is 17.1. The van der Waals surface area contributed by atoms with Crippen molar-refractivity contribution in [2.75, 3.05) is 26.7 Å². The molecule has 2 aromatic carbocycles. The fourth-order valence-corrected chi connectivity index (χ4v) is 3.15. The van der Waals surface area contributed by atoms with Crippen LogP contribution in [-0.4, -0.2) is 48.2 Å². The van der Waals surface area contributed by atoms with Gasteiger partial charge in [-0.3, -0.25) is 14.5 Å². The second-order valence-corrected chi connectivity index (χ2v) is 6.30. The van der Waals surface area contributed by atoms with Crippen LogP contribution in [0.2, 0.25) is 0 Å². The summed E-state index contributed by atoms with van der Waals surface area (Å²) in [6.45, 7) is 3.70. The molecule has 1 fully saturated rings. The second-order valence-electron chi connectivity index (χ2n) is 6.30. The number of nitrogens with zero attached hydrogens (tertiary/aromatic N) is 2. The van der Waals surface area contributed by atoms with Crippen LogP contribution in [0.4, 0.5) is 0 Å². The molecule has 0 aromatic heterocycles. The van der Waals surface area contributed by atoms with Crippen molar-refractivity contribution in [3.05, 3.63) is 71.3 Å². The molecule has 0 aliphatic carbocycles. The summed E-state index contributed by atoms with van der Waals surface area (Å²) < 4.78 is 0. The van der Waals surface area contributed by atoms with Gasteiger partial charge >= 0.3 is 0 Å². The smallest absolute Gasteiger partial charge is 0.253 e. The molecule has 1 aliphatic rings. The van der Waals surface area contributed by atoms with Crippen molar-refractivity contribution in [1.29, 1.82) is 0 Å². The summed E-state index contributed by atoms with van der Waals surface area (Å²) in [5, 5.41) is 0. The van der Waals surface area contributed by atoms with Crippen molar-refractivity contribution >= 4 is 11.7 Å². The number of rotatable bonds is 3. The van der Waals surface area contributed by atoms with E-state index in [4.69, 9.17) is 0 Å². The average Bonchev–Trinajstić information content (AvgIpc) is 2.62. The summed E-state index contributed by atoms with van der Waals surface area (Å²) in [4.78, 5) is 28.6. The van der Waals surface area contributed by atoms with Gasteiger partial charge in [0.1, 0.15) is 0 Å². The van der Waals surface area contributed by atoms with Gasteiger partial charge in [-0.05, 0) is 31.7 Å². The van der Waals surface area contributed by atoms with E-state index in [0.29, 0.717) is 24.2 Å². The molecular weight excluding hydrogens is 300 g/mol. The number of benzene rings is 2. The second kappa shape index (κ2) is 6.97. The molecule has 1 saturated heterocycles. The highest BCUT2D eigenvalue weighted by Crippen LogP contribution is 2.25. The number of hydrogen-bond donors (Lipinski definition) is 0. The molecule has 4 heteroatoms. The third kappa shape index (κ3) is 3.39. The predicted octanol–water partition coefficient (Wildman–Crippen LogP) is 3.02. The van der Waals surface area contributed by atoms with Crippen molar-refractivity contribution in [2.24, 2.45) is 0 Å². The Labute approximate surface area is 142 Å². The van der Waals surface area contributed by atoms with Crippen LogP contribution in [-0.2, 0) is 0 Å². The Kier molecular flexibility index (Phi) is 4.76. The SMILES string of the molecule is CC(=O)c1cccc(C(=O)N2CCN(C)C(c3ccccc3)C2)c1. The van der Waals surface area contributed by atoms with E-state index in [1.807, 2.05) is 23.1 Å².